The van der Waals surface area contributed by atoms with Crippen molar-refractivity contribution in [2.75, 3.05) is 0 Å². The number of hydrogen-bond acceptors (Lipinski definition) is 4. The highest BCUT2D eigenvalue weighted by Gasteiger charge is 2.32. The van der Waals surface area contributed by atoms with Crippen LogP contribution in [0, 0.1) is 0 Å². The summed E-state index contributed by atoms with van der Waals surface area (Å²) in [4.78, 5) is 3.83. The summed E-state index contributed by atoms with van der Waals surface area (Å²) in [5, 5.41) is 3.38. The summed E-state index contributed by atoms with van der Waals surface area (Å²) in [5.41, 5.74) is 6.00. The SMILES string of the molecule is NC1CCCCCC1c1nc(CC(F)(F)F)no1. The van der Waals surface area contributed by atoms with Crippen LogP contribution in [-0.4, -0.2) is 22.4 Å². The van der Waals surface area contributed by atoms with E-state index < -0.39 is 12.6 Å². The molecule has 18 heavy (non-hydrogen) atoms. The summed E-state index contributed by atoms with van der Waals surface area (Å²) in [7, 11) is 0. The third-order valence-corrected chi connectivity index (χ3v) is 3.23. The number of nitrogens with zero attached hydrogens (tertiary/aromatic N) is 2. The van der Waals surface area contributed by atoms with Gasteiger partial charge in [0.05, 0.1) is 5.92 Å². The Balaban J connectivity index is 2.08. The molecule has 2 rings (SSSR count). The lowest BCUT2D eigenvalue weighted by Gasteiger charge is -2.16. The Bertz CT molecular complexity index is 391. The quantitative estimate of drug-likeness (QED) is 0.833. The zero-order valence-electron chi connectivity index (χ0n) is 9.91. The van der Waals surface area contributed by atoms with Crippen LogP contribution in [0.3, 0.4) is 0 Å². The predicted octanol–water partition coefficient (Wildman–Crippen LogP) is 2.55. The van der Waals surface area contributed by atoms with Crippen LogP contribution in [0.25, 0.3) is 0 Å². The molecule has 2 unspecified atom stereocenters. The lowest BCUT2D eigenvalue weighted by atomic mass is 9.95. The van der Waals surface area contributed by atoms with E-state index in [4.69, 9.17) is 10.3 Å². The monoisotopic (exact) mass is 263 g/mol. The van der Waals surface area contributed by atoms with Gasteiger partial charge in [-0.05, 0) is 12.8 Å². The molecule has 1 saturated carbocycles. The highest BCUT2D eigenvalue weighted by atomic mass is 19.4. The van der Waals surface area contributed by atoms with Gasteiger partial charge in [0, 0.05) is 6.04 Å². The van der Waals surface area contributed by atoms with Crippen molar-refractivity contribution in [2.45, 2.75) is 56.7 Å². The molecule has 1 aromatic heterocycles. The van der Waals surface area contributed by atoms with Crippen LogP contribution in [-0.2, 0) is 6.42 Å². The smallest absolute Gasteiger partial charge is 0.339 e. The third-order valence-electron chi connectivity index (χ3n) is 3.23. The number of rotatable bonds is 2. The minimum atomic E-state index is -4.31. The van der Waals surface area contributed by atoms with E-state index in [1.54, 1.807) is 0 Å². The van der Waals surface area contributed by atoms with E-state index in [1.165, 1.54) is 0 Å². The van der Waals surface area contributed by atoms with Crippen LogP contribution in [0.5, 0.6) is 0 Å². The topological polar surface area (TPSA) is 64.9 Å². The van der Waals surface area contributed by atoms with Crippen LogP contribution < -0.4 is 5.73 Å². The number of aromatic nitrogens is 2. The maximum atomic E-state index is 12.2. The molecule has 0 radical (unpaired) electrons. The Hall–Kier alpha value is -1.11. The fourth-order valence-corrected chi connectivity index (χ4v) is 2.31. The molecule has 0 aliphatic heterocycles. The number of nitrogens with two attached hydrogens (primary N) is 1. The Kier molecular flexibility index (Phi) is 3.89. The van der Waals surface area contributed by atoms with Gasteiger partial charge >= 0.3 is 6.18 Å². The molecule has 0 aromatic carbocycles. The first-order valence-corrected chi connectivity index (χ1v) is 6.10. The number of alkyl halides is 3. The van der Waals surface area contributed by atoms with Gasteiger partial charge in [0.2, 0.25) is 5.89 Å². The van der Waals surface area contributed by atoms with Gasteiger partial charge in [-0.25, -0.2) is 0 Å². The van der Waals surface area contributed by atoms with Gasteiger partial charge in [0.25, 0.3) is 0 Å². The average molecular weight is 263 g/mol. The van der Waals surface area contributed by atoms with Gasteiger partial charge in [0.15, 0.2) is 5.82 Å². The number of hydrogen-bond donors (Lipinski definition) is 1. The zero-order chi connectivity index (χ0) is 13.2. The fraction of sp³-hybridized carbons (Fsp3) is 0.818. The Morgan fingerprint density at radius 2 is 1.94 bits per heavy atom. The molecule has 2 N–H and O–H groups in total. The summed E-state index contributed by atoms with van der Waals surface area (Å²) in [6.07, 6.45) is -0.689. The molecule has 7 heteroatoms. The second kappa shape index (κ2) is 5.26. The molecular weight excluding hydrogens is 247 g/mol. The van der Waals surface area contributed by atoms with Crippen molar-refractivity contribution >= 4 is 0 Å². The molecule has 102 valence electrons. The van der Waals surface area contributed by atoms with Crippen molar-refractivity contribution < 1.29 is 17.7 Å². The Morgan fingerprint density at radius 3 is 2.67 bits per heavy atom. The van der Waals surface area contributed by atoms with E-state index in [1.807, 2.05) is 0 Å². The van der Waals surface area contributed by atoms with Gasteiger partial charge < -0.3 is 10.3 Å². The van der Waals surface area contributed by atoms with E-state index in [-0.39, 0.29) is 23.7 Å². The minimum Gasteiger partial charge on any atom is -0.339 e. The molecule has 1 aliphatic rings. The molecule has 0 amide bonds. The van der Waals surface area contributed by atoms with Crippen molar-refractivity contribution in [1.29, 1.82) is 0 Å². The summed E-state index contributed by atoms with van der Waals surface area (Å²) >= 11 is 0. The van der Waals surface area contributed by atoms with Crippen LogP contribution >= 0.6 is 0 Å². The zero-order valence-corrected chi connectivity index (χ0v) is 9.91. The van der Waals surface area contributed by atoms with Crippen LogP contribution in [0.15, 0.2) is 4.52 Å². The minimum absolute atomic E-state index is 0.105. The molecule has 1 heterocycles. The highest BCUT2D eigenvalue weighted by molar-refractivity contribution is 5.00. The lowest BCUT2D eigenvalue weighted by molar-refractivity contribution is -0.128. The lowest BCUT2D eigenvalue weighted by Crippen LogP contribution is -2.27. The molecule has 0 spiro atoms. The second-order valence-electron chi connectivity index (χ2n) is 4.75. The molecule has 1 aliphatic carbocycles. The van der Waals surface area contributed by atoms with Crippen LogP contribution in [0.2, 0.25) is 0 Å². The molecule has 1 aromatic rings. The van der Waals surface area contributed by atoms with Crippen molar-refractivity contribution in [3.05, 3.63) is 11.7 Å². The molecule has 0 saturated heterocycles. The number of halogens is 3. The molecular formula is C11H16F3N3O. The first-order chi connectivity index (χ1) is 8.46. The van der Waals surface area contributed by atoms with Crippen LogP contribution in [0.4, 0.5) is 13.2 Å². The van der Waals surface area contributed by atoms with Gasteiger partial charge in [-0.1, -0.05) is 24.4 Å². The molecule has 0 bridgehead atoms. The van der Waals surface area contributed by atoms with Gasteiger partial charge in [-0.3, -0.25) is 0 Å². The van der Waals surface area contributed by atoms with Crippen molar-refractivity contribution in [2.24, 2.45) is 5.73 Å². The maximum Gasteiger partial charge on any atom is 0.396 e. The van der Waals surface area contributed by atoms with Gasteiger partial charge in [-0.2, -0.15) is 18.2 Å². The summed E-state index contributed by atoms with van der Waals surface area (Å²) in [6, 6.07) is -0.105. The van der Waals surface area contributed by atoms with Crippen molar-refractivity contribution in [3.63, 3.8) is 0 Å². The molecule has 2 atom stereocenters. The maximum absolute atomic E-state index is 12.2. The standard InChI is InChI=1S/C11H16F3N3O/c12-11(13,14)6-9-16-10(18-17-9)7-4-2-1-3-5-8(7)15/h7-8H,1-6,15H2. The summed E-state index contributed by atoms with van der Waals surface area (Å²) < 4.78 is 41.5. The largest absolute Gasteiger partial charge is 0.396 e. The average Bonchev–Trinajstić information content (AvgIpc) is 2.57. The van der Waals surface area contributed by atoms with E-state index in [2.05, 4.69) is 10.1 Å². The van der Waals surface area contributed by atoms with E-state index in [0.29, 0.717) is 0 Å². The highest BCUT2D eigenvalue weighted by Crippen LogP contribution is 2.30. The summed E-state index contributed by atoms with van der Waals surface area (Å²) in [5.74, 6) is -0.167. The fourth-order valence-electron chi connectivity index (χ4n) is 2.31. The normalized spacial score (nSPS) is 26.0. The summed E-state index contributed by atoms with van der Waals surface area (Å²) in [6.45, 7) is 0. The molecule has 1 fully saturated rings. The van der Waals surface area contributed by atoms with E-state index >= 15 is 0 Å². The third kappa shape index (κ3) is 3.44. The van der Waals surface area contributed by atoms with Crippen molar-refractivity contribution in [1.82, 2.24) is 10.1 Å². The first kappa shape index (κ1) is 13.3. The van der Waals surface area contributed by atoms with Gasteiger partial charge in [0.1, 0.15) is 6.42 Å². The van der Waals surface area contributed by atoms with Gasteiger partial charge in [-0.15, -0.1) is 0 Å². The Morgan fingerprint density at radius 1 is 1.22 bits per heavy atom. The predicted molar refractivity (Wildman–Crippen MR) is 57.9 cm³/mol. The van der Waals surface area contributed by atoms with Crippen LogP contribution in [0.1, 0.15) is 49.7 Å². The van der Waals surface area contributed by atoms with E-state index in [0.717, 1.165) is 32.1 Å². The van der Waals surface area contributed by atoms with Crippen molar-refractivity contribution in [3.8, 4) is 0 Å². The first-order valence-electron chi connectivity index (χ1n) is 6.10. The molecule has 4 nitrogen and oxygen atoms in total. The van der Waals surface area contributed by atoms with E-state index in [9.17, 15) is 13.2 Å². The Labute approximate surface area is 103 Å². The second-order valence-corrected chi connectivity index (χ2v) is 4.75.